The maximum atomic E-state index is 9.51. The van der Waals surface area contributed by atoms with Gasteiger partial charge in [0.15, 0.2) is 0 Å². The molecule has 1 heterocycles. The van der Waals surface area contributed by atoms with Gasteiger partial charge in [0.1, 0.15) is 0 Å². The van der Waals surface area contributed by atoms with E-state index < -0.39 is 0 Å². The minimum absolute atomic E-state index is 0.336. The van der Waals surface area contributed by atoms with Crippen LogP contribution in [0.4, 0.5) is 0 Å². The third-order valence-electron chi connectivity index (χ3n) is 3.91. The average Bonchev–Trinajstić information content (AvgIpc) is 2.71. The second kappa shape index (κ2) is 6.35. The highest BCUT2D eigenvalue weighted by Crippen LogP contribution is 2.29. The van der Waals surface area contributed by atoms with Gasteiger partial charge < -0.3 is 5.11 Å². The predicted molar refractivity (Wildman–Crippen MR) is 75.2 cm³/mol. The van der Waals surface area contributed by atoms with Crippen molar-refractivity contribution in [3.63, 3.8) is 0 Å². The first-order chi connectivity index (χ1) is 8.69. The summed E-state index contributed by atoms with van der Waals surface area (Å²) in [4.78, 5) is 2.49. The summed E-state index contributed by atoms with van der Waals surface area (Å²) in [7, 11) is 0. The predicted octanol–water partition coefficient (Wildman–Crippen LogP) is 2.77. The monoisotopic (exact) mass is 247 g/mol. The zero-order valence-corrected chi connectivity index (χ0v) is 11.5. The molecule has 1 N–H and O–H groups in total. The largest absolute Gasteiger partial charge is 0.396 e. The minimum Gasteiger partial charge on any atom is -0.396 e. The Kier molecular flexibility index (Phi) is 4.79. The van der Waals surface area contributed by atoms with Crippen LogP contribution in [0.2, 0.25) is 0 Å². The van der Waals surface area contributed by atoms with Crippen LogP contribution in [-0.4, -0.2) is 29.7 Å². The molecule has 2 rings (SSSR count). The lowest BCUT2D eigenvalue weighted by atomic mass is 9.89. The normalized spacial score (nSPS) is 24.9. The fourth-order valence-electron chi connectivity index (χ4n) is 3.09. The number of likely N-dealkylation sites (tertiary alicyclic amines) is 1. The van der Waals surface area contributed by atoms with Crippen LogP contribution in [0.3, 0.4) is 0 Å². The summed E-state index contributed by atoms with van der Waals surface area (Å²) in [6.07, 6.45) is 1.23. The number of aliphatic hydroxyl groups is 1. The van der Waals surface area contributed by atoms with E-state index in [4.69, 9.17) is 0 Å². The molecule has 2 heteroatoms. The average molecular weight is 247 g/mol. The summed E-state index contributed by atoms with van der Waals surface area (Å²) in [5.74, 6) is 1.86. The van der Waals surface area contributed by atoms with Crippen LogP contribution in [0.25, 0.3) is 0 Å². The number of hydrogen-bond donors (Lipinski definition) is 1. The van der Waals surface area contributed by atoms with Gasteiger partial charge in [-0.15, -0.1) is 0 Å². The third kappa shape index (κ3) is 3.56. The Balaban J connectivity index is 1.92. The van der Waals surface area contributed by atoms with Crippen molar-refractivity contribution >= 4 is 0 Å². The molecule has 0 spiro atoms. The molecule has 1 saturated heterocycles. The molecule has 0 unspecified atom stereocenters. The van der Waals surface area contributed by atoms with E-state index >= 15 is 0 Å². The first kappa shape index (κ1) is 13.6. The van der Waals surface area contributed by atoms with Crippen LogP contribution in [0.15, 0.2) is 30.3 Å². The molecule has 0 aliphatic carbocycles. The fourth-order valence-corrected chi connectivity index (χ4v) is 3.09. The molecule has 0 bridgehead atoms. The molecule has 0 amide bonds. The summed E-state index contributed by atoms with van der Waals surface area (Å²) in [6, 6.07) is 10.6. The molecule has 1 aromatic carbocycles. The smallest absolute Gasteiger partial charge is 0.0474 e. The Morgan fingerprint density at radius 3 is 2.44 bits per heavy atom. The quantitative estimate of drug-likeness (QED) is 0.865. The number of benzene rings is 1. The molecule has 0 saturated carbocycles. The minimum atomic E-state index is 0.336. The van der Waals surface area contributed by atoms with Crippen LogP contribution in [0, 0.1) is 17.8 Å². The van der Waals surface area contributed by atoms with Gasteiger partial charge in [-0.3, -0.25) is 4.90 Å². The van der Waals surface area contributed by atoms with Crippen molar-refractivity contribution in [2.24, 2.45) is 17.8 Å². The molecule has 1 aliphatic heterocycles. The molecule has 2 atom stereocenters. The van der Waals surface area contributed by atoms with E-state index in [1.165, 1.54) is 12.0 Å². The lowest BCUT2D eigenvalue weighted by Gasteiger charge is -2.18. The molecule has 1 fully saturated rings. The van der Waals surface area contributed by atoms with Crippen LogP contribution < -0.4 is 0 Å². The van der Waals surface area contributed by atoms with E-state index in [1.807, 2.05) is 0 Å². The van der Waals surface area contributed by atoms with Gasteiger partial charge in [0, 0.05) is 26.2 Å². The summed E-state index contributed by atoms with van der Waals surface area (Å²) in [5, 5.41) is 9.51. The van der Waals surface area contributed by atoms with Crippen molar-refractivity contribution in [3.05, 3.63) is 35.9 Å². The highest BCUT2D eigenvalue weighted by atomic mass is 16.3. The van der Waals surface area contributed by atoms with Gasteiger partial charge >= 0.3 is 0 Å². The topological polar surface area (TPSA) is 23.5 Å². The Bertz CT molecular complexity index is 349. The fraction of sp³-hybridized carbons (Fsp3) is 0.625. The summed E-state index contributed by atoms with van der Waals surface area (Å²) in [6.45, 7) is 8.08. The van der Waals surface area contributed by atoms with Gasteiger partial charge in [0.05, 0.1) is 0 Å². The maximum absolute atomic E-state index is 9.51. The molecule has 0 aromatic heterocycles. The summed E-state index contributed by atoms with van der Waals surface area (Å²) in [5.41, 5.74) is 1.37. The van der Waals surface area contributed by atoms with Gasteiger partial charge in [-0.25, -0.2) is 0 Å². The van der Waals surface area contributed by atoms with E-state index in [0.29, 0.717) is 18.4 Å². The van der Waals surface area contributed by atoms with Gasteiger partial charge in [0.25, 0.3) is 0 Å². The highest BCUT2D eigenvalue weighted by molar-refractivity contribution is 5.14. The molecular formula is C16H25NO. The molecule has 0 radical (unpaired) electrons. The molecule has 18 heavy (non-hydrogen) atoms. The van der Waals surface area contributed by atoms with Crippen molar-refractivity contribution in [1.29, 1.82) is 0 Å². The zero-order chi connectivity index (χ0) is 13.0. The van der Waals surface area contributed by atoms with Gasteiger partial charge in [-0.1, -0.05) is 44.2 Å². The standard InChI is InChI=1S/C16H25NO/c1-13(2)8-15-10-17(11-16(15)12-18)9-14-6-4-3-5-7-14/h3-7,13,15-16,18H,8-12H2,1-2H3/t15-,16-/m1/s1. The van der Waals surface area contributed by atoms with Crippen LogP contribution in [0.1, 0.15) is 25.8 Å². The molecule has 1 aliphatic rings. The SMILES string of the molecule is CC(C)C[C@@H]1CN(Cc2ccccc2)C[C@@H]1CO. The van der Waals surface area contributed by atoms with E-state index in [1.54, 1.807) is 0 Å². The Hall–Kier alpha value is -0.860. The molecule has 100 valence electrons. The van der Waals surface area contributed by atoms with Crippen LogP contribution in [-0.2, 0) is 6.54 Å². The van der Waals surface area contributed by atoms with Crippen LogP contribution >= 0.6 is 0 Å². The third-order valence-corrected chi connectivity index (χ3v) is 3.91. The Morgan fingerprint density at radius 1 is 1.17 bits per heavy atom. The zero-order valence-electron chi connectivity index (χ0n) is 11.5. The summed E-state index contributed by atoms with van der Waals surface area (Å²) < 4.78 is 0. The number of aliphatic hydroxyl groups excluding tert-OH is 1. The van der Waals surface area contributed by atoms with E-state index in [2.05, 4.69) is 49.1 Å². The number of hydrogen-bond acceptors (Lipinski definition) is 2. The number of nitrogens with zero attached hydrogens (tertiary/aromatic N) is 1. The van der Waals surface area contributed by atoms with E-state index in [9.17, 15) is 5.11 Å². The van der Waals surface area contributed by atoms with Gasteiger partial charge in [-0.2, -0.15) is 0 Å². The Labute approximate surface area is 111 Å². The first-order valence-electron chi connectivity index (χ1n) is 7.06. The number of rotatable bonds is 5. The molecular weight excluding hydrogens is 222 g/mol. The highest BCUT2D eigenvalue weighted by Gasteiger charge is 2.32. The van der Waals surface area contributed by atoms with E-state index in [0.717, 1.165) is 25.6 Å². The lowest BCUT2D eigenvalue weighted by Crippen LogP contribution is -2.20. The second-order valence-electron chi connectivity index (χ2n) is 6.01. The van der Waals surface area contributed by atoms with Gasteiger partial charge in [0.2, 0.25) is 0 Å². The van der Waals surface area contributed by atoms with Crippen molar-refractivity contribution in [1.82, 2.24) is 4.90 Å². The van der Waals surface area contributed by atoms with Gasteiger partial charge in [-0.05, 0) is 29.7 Å². The van der Waals surface area contributed by atoms with Crippen molar-refractivity contribution in [2.45, 2.75) is 26.8 Å². The molecule has 2 nitrogen and oxygen atoms in total. The summed E-state index contributed by atoms with van der Waals surface area (Å²) >= 11 is 0. The van der Waals surface area contributed by atoms with Crippen molar-refractivity contribution in [3.8, 4) is 0 Å². The molecule has 1 aromatic rings. The van der Waals surface area contributed by atoms with Crippen molar-refractivity contribution < 1.29 is 5.11 Å². The maximum Gasteiger partial charge on any atom is 0.0474 e. The lowest BCUT2D eigenvalue weighted by molar-refractivity contribution is 0.191. The second-order valence-corrected chi connectivity index (χ2v) is 6.01. The van der Waals surface area contributed by atoms with E-state index in [-0.39, 0.29) is 0 Å². The van der Waals surface area contributed by atoms with Crippen molar-refractivity contribution in [2.75, 3.05) is 19.7 Å². The van der Waals surface area contributed by atoms with Crippen LogP contribution in [0.5, 0.6) is 0 Å². The Morgan fingerprint density at radius 2 is 1.83 bits per heavy atom. The first-order valence-corrected chi connectivity index (χ1v) is 7.06.